The number of hydrogen-bond donors (Lipinski definition) is 0. The molecule has 0 aromatic carbocycles. The fourth-order valence-electron chi connectivity index (χ4n) is 2.15. The summed E-state index contributed by atoms with van der Waals surface area (Å²) in [7, 11) is 1.83. The molecule has 92 valence electrons. The molecule has 1 aromatic rings. The van der Waals surface area contributed by atoms with Gasteiger partial charge in [-0.2, -0.15) is 0 Å². The summed E-state index contributed by atoms with van der Waals surface area (Å²) < 4.78 is 0. The normalized spacial score (nSPS) is 19.6. The zero-order valence-electron chi connectivity index (χ0n) is 10.3. The molecule has 0 atom stereocenters. The molecule has 5 heteroatoms. The van der Waals surface area contributed by atoms with Crippen molar-refractivity contribution in [3.8, 4) is 0 Å². The second-order valence-corrected chi connectivity index (χ2v) is 5.83. The van der Waals surface area contributed by atoms with Crippen molar-refractivity contribution in [1.29, 1.82) is 0 Å². The number of carbonyl (C=O) groups is 2. The van der Waals surface area contributed by atoms with Gasteiger partial charge in [-0.1, -0.05) is 0 Å². The van der Waals surface area contributed by atoms with Crippen molar-refractivity contribution in [2.45, 2.75) is 19.4 Å². The van der Waals surface area contributed by atoms with Crippen LogP contribution in [0, 0.1) is 0 Å². The summed E-state index contributed by atoms with van der Waals surface area (Å²) in [5.74, 6) is 0.116. The van der Waals surface area contributed by atoms with E-state index in [0.717, 1.165) is 24.4 Å². The lowest BCUT2D eigenvalue weighted by molar-refractivity contribution is -0.136. The van der Waals surface area contributed by atoms with E-state index < -0.39 is 5.54 Å². The van der Waals surface area contributed by atoms with Gasteiger partial charge >= 0.3 is 0 Å². The van der Waals surface area contributed by atoms with Gasteiger partial charge < -0.3 is 9.80 Å². The molecule has 0 bridgehead atoms. The maximum absolute atomic E-state index is 12.1. The first-order chi connectivity index (χ1) is 7.96. The SMILES string of the molecule is CN1CCN(c2ccc(C=O)s2)C(C)(C)C1=O. The molecule has 0 saturated carbocycles. The molecule has 2 heterocycles. The van der Waals surface area contributed by atoms with E-state index >= 15 is 0 Å². The highest BCUT2D eigenvalue weighted by Gasteiger charge is 2.40. The molecule has 1 aliphatic heterocycles. The van der Waals surface area contributed by atoms with Gasteiger partial charge in [0.05, 0.1) is 9.88 Å². The standard InChI is InChI=1S/C12H16N2O2S/c1-12(2)11(16)13(3)6-7-14(12)10-5-4-9(8-15)17-10/h4-5,8H,6-7H2,1-3H3. The van der Waals surface area contributed by atoms with E-state index in [1.54, 1.807) is 11.0 Å². The topological polar surface area (TPSA) is 40.6 Å². The monoisotopic (exact) mass is 252 g/mol. The summed E-state index contributed by atoms with van der Waals surface area (Å²) >= 11 is 1.43. The van der Waals surface area contributed by atoms with E-state index in [2.05, 4.69) is 4.90 Å². The van der Waals surface area contributed by atoms with E-state index in [0.29, 0.717) is 4.88 Å². The summed E-state index contributed by atoms with van der Waals surface area (Å²) in [5, 5.41) is 0.985. The van der Waals surface area contributed by atoms with Crippen LogP contribution in [0.3, 0.4) is 0 Å². The van der Waals surface area contributed by atoms with Crippen LogP contribution in [0.4, 0.5) is 5.00 Å². The van der Waals surface area contributed by atoms with Crippen LogP contribution in [0.15, 0.2) is 12.1 Å². The Bertz CT molecular complexity index is 453. The first kappa shape index (κ1) is 12.1. The molecular formula is C12H16N2O2S. The van der Waals surface area contributed by atoms with E-state index in [1.165, 1.54) is 11.3 Å². The number of rotatable bonds is 2. The lowest BCUT2D eigenvalue weighted by atomic mass is 9.98. The molecule has 0 radical (unpaired) electrons. The highest BCUT2D eigenvalue weighted by Crippen LogP contribution is 2.33. The average Bonchev–Trinajstić information content (AvgIpc) is 2.74. The van der Waals surface area contributed by atoms with Crippen molar-refractivity contribution in [2.24, 2.45) is 0 Å². The van der Waals surface area contributed by atoms with Gasteiger partial charge in [-0.05, 0) is 26.0 Å². The Morgan fingerprint density at radius 3 is 2.65 bits per heavy atom. The fourth-order valence-corrected chi connectivity index (χ4v) is 3.14. The van der Waals surface area contributed by atoms with Crippen LogP contribution in [-0.2, 0) is 4.79 Å². The van der Waals surface area contributed by atoms with Crippen molar-refractivity contribution in [2.75, 3.05) is 25.0 Å². The lowest BCUT2D eigenvalue weighted by Gasteiger charge is -2.45. The highest BCUT2D eigenvalue weighted by molar-refractivity contribution is 7.17. The summed E-state index contributed by atoms with van der Waals surface area (Å²) in [5.41, 5.74) is -0.544. The zero-order chi connectivity index (χ0) is 12.6. The summed E-state index contributed by atoms with van der Waals surface area (Å²) in [6, 6.07) is 3.71. The summed E-state index contributed by atoms with van der Waals surface area (Å²) in [6.45, 7) is 5.36. The van der Waals surface area contributed by atoms with Crippen LogP contribution >= 0.6 is 11.3 Å². The second-order valence-electron chi connectivity index (χ2n) is 4.73. The fraction of sp³-hybridized carbons (Fsp3) is 0.500. The first-order valence-electron chi connectivity index (χ1n) is 5.55. The van der Waals surface area contributed by atoms with Crippen molar-refractivity contribution >= 4 is 28.5 Å². The van der Waals surface area contributed by atoms with Crippen molar-refractivity contribution < 1.29 is 9.59 Å². The van der Waals surface area contributed by atoms with Gasteiger partial charge in [0.2, 0.25) is 5.91 Å². The van der Waals surface area contributed by atoms with E-state index in [1.807, 2.05) is 27.0 Å². The average molecular weight is 252 g/mol. The van der Waals surface area contributed by atoms with Gasteiger partial charge in [-0.15, -0.1) is 11.3 Å². The van der Waals surface area contributed by atoms with Gasteiger partial charge in [0.25, 0.3) is 0 Å². The van der Waals surface area contributed by atoms with E-state index in [9.17, 15) is 9.59 Å². The third kappa shape index (κ3) is 1.95. The molecule has 1 fully saturated rings. The highest BCUT2D eigenvalue weighted by atomic mass is 32.1. The molecule has 0 spiro atoms. The number of likely N-dealkylation sites (N-methyl/N-ethyl adjacent to an activating group) is 1. The molecule has 17 heavy (non-hydrogen) atoms. The predicted octanol–water partition coefficient (Wildman–Crippen LogP) is 1.62. The largest absolute Gasteiger partial charge is 0.348 e. The molecule has 4 nitrogen and oxygen atoms in total. The molecule has 0 unspecified atom stereocenters. The molecule has 0 N–H and O–H groups in total. The Morgan fingerprint density at radius 2 is 2.06 bits per heavy atom. The number of thiophene rings is 1. The molecule has 1 amide bonds. The van der Waals surface area contributed by atoms with E-state index in [-0.39, 0.29) is 5.91 Å². The minimum atomic E-state index is -0.544. The number of nitrogens with zero attached hydrogens (tertiary/aromatic N) is 2. The smallest absolute Gasteiger partial charge is 0.247 e. The molecule has 0 aliphatic carbocycles. The van der Waals surface area contributed by atoms with Crippen LogP contribution < -0.4 is 4.90 Å². The number of anilines is 1. The zero-order valence-corrected chi connectivity index (χ0v) is 11.1. The number of carbonyl (C=O) groups excluding carboxylic acids is 2. The molecule has 1 aromatic heterocycles. The maximum atomic E-state index is 12.1. The number of hydrogen-bond acceptors (Lipinski definition) is 4. The van der Waals surface area contributed by atoms with Crippen LogP contribution in [-0.4, -0.2) is 42.8 Å². The minimum absolute atomic E-state index is 0.116. The number of amides is 1. The van der Waals surface area contributed by atoms with Crippen molar-refractivity contribution in [3.05, 3.63) is 17.0 Å². The molecular weight excluding hydrogens is 236 g/mol. The summed E-state index contributed by atoms with van der Waals surface area (Å²) in [4.78, 5) is 27.4. The Hall–Kier alpha value is -1.36. The Balaban J connectivity index is 2.32. The second kappa shape index (κ2) is 4.14. The maximum Gasteiger partial charge on any atom is 0.247 e. The van der Waals surface area contributed by atoms with Gasteiger partial charge in [-0.25, -0.2) is 0 Å². The third-order valence-electron chi connectivity index (χ3n) is 3.20. The number of piperazine rings is 1. The van der Waals surface area contributed by atoms with Gasteiger partial charge in [0.1, 0.15) is 5.54 Å². The van der Waals surface area contributed by atoms with Gasteiger partial charge in [0, 0.05) is 20.1 Å². The van der Waals surface area contributed by atoms with Gasteiger partial charge in [0.15, 0.2) is 6.29 Å². The van der Waals surface area contributed by atoms with Gasteiger partial charge in [-0.3, -0.25) is 9.59 Å². The number of aldehydes is 1. The van der Waals surface area contributed by atoms with Crippen LogP contribution in [0.1, 0.15) is 23.5 Å². The minimum Gasteiger partial charge on any atom is -0.348 e. The predicted molar refractivity (Wildman–Crippen MR) is 68.8 cm³/mol. The van der Waals surface area contributed by atoms with E-state index in [4.69, 9.17) is 0 Å². The lowest BCUT2D eigenvalue weighted by Crippen LogP contribution is -2.62. The van der Waals surface area contributed by atoms with Crippen LogP contribution in [0.25, 0.3) is 0 Å². The van der Waals surface area contributed by atoms with Crippen molar-refractivity contribution in [1.82, 2.24) is 4.90 Å². The quantitative estimate of drug-likeness (QED) is 0.751. The molecule has 1 aliphatic rings. The third-order valence-corrected chi connectivity index (χ3v) is 4.23. The van der Waals surface area contributed by atoms with Crippen LogP contribution in [0.5, 0.6) is 0 Å². The van der Waals surface area contributed by atoms with Crippen LogP contribution in [0.2, 0.25) is 0 Å². The molecule has 1 saturated heterocycles. The molecule has 2 rings (SSSR count). The summed E-state index contributed by atoms with van der Waals surface area (Å²) in [6.07, 6.45) is 0.846. The Morgan fingerprint density at radius 1 is 1.35 bits per heavy atom. The van der Waals surface area contributed by atoms with Crippen molar-refractivity contribution in [3.63, 3.8) is 0 Å². The Kier molecular flexibility index (Phi) is 2.95. The Labute approximate surface area is 105 Å². The first-order valence-corrected chi connectivity index (χ1v) is 6.36.